The van der Waals surface area contributed by atoms with Crippen LogP contribution in [-0.4, -0.2) is 9.97 Å². The highest BCUT2D eigenvalue weighted by molar-refractivity contribution is 5.67. The Morgan fingerprint density at radius 3 is 2.00 bits per heavy atom. The lowest BCUT2D eigenvalue weighted by molar-refractivity contribution is 0.628. The van der Waals surface area contributed by atoms with E-state index < -0.39 is 0 Å². The molecule has 0 saturated carbocycles. The summed E-state index contributed by atoms with van der Waals surface area (Å²) in [5.74, 6) is 0.294. The average molecular weight is 280 g/mol. The number of aromatic nitrogens is 2. The molecule has 1 N–H and O–H groups in total. The molecule has 0 aliphatic carbocycles. The Balaban J connectivity index is 1.97. The SMILES string of the molecule is Cc1cc(=O)[nH]c(-c2ccc(-c3ccc(F)cc3)cc2)n1. The zero-order valence-corrected chi connectivity index (χ0v) is 11.4. The van der Waals surface area contributed by atoms with E-state index >= 15 is 0 Å². The summed E-state index contributed by atoms with van der Waals surface area (Å²) in [5, 5.41) is 0. The van der Waals surface area contributed by atoms with Crippen LogP contribution in [0.2, 0.25) is 0 Å². The van der Waals surface area contributed by atoms with Crippen LogP contribution in [0.5, 0.6) is 0 Å². The summed E-state index contributed by atoms with van der Waals surface area (Å²) in [6.07, 6.45) is 0. The Kier molecular flexibility index (Phi) is 3.36. The van der Waals surface area contributed by atoms with Gasteiger partial charge in [0.1, 0.15) is 11.6 Å². The van der Waals surface area contributed by atoms with Gasteiger partial charge in [0.25, 0.3) is 5.56 Å². The molecule has 104 valence electrons. The van der Waals surface area contributed by atoms with Gasteiger partial charge < -0.3 is 4.98 Å². The van der Waals surface area contributed by atoms with E-state index in [1.165, 1.54) is 18.2 Å². The Labute approximate surface area is 121 Å². The van der Waals surface area contributed by atoms with Crippen molar-refractivity contribution in [3.63, 3.8) is 0 Å². The second-order valence-corrected chi connectivity index (χ2v) is 4.82. The zero-order chi connectivity index (χ0) is 14.8. The summed E-state index contributed by atoms with van der Waals surface area (Å²) >= 11 is 0. The summed E-state index contributed by atoms with van der Waals surface area (Å²) in [7, 11) is 0. The fourth-order valence-corrected chi connectivity index (χ4v) is 2.18. The summed E-state index contributed by atoms with van der Waals surface area (Å²) in [5.41, 5.74) is 3.26. The molecule has 0 aliphatic heterocycles. The van der Waals surface area contributed by atoms with Gasteiger partial charge >= 0.3 is 0 Å². The lowest BCUT2D eigenvalue weighted by Crippen LogP contribution is -2.08. The lowest BCUT2D eigenvalue weighted by Gasteiger charge is -2.05. The first-order valence-corrected chi connectivity index (χ1v) is 6.56. The van der Waals surface area contributed by atoms with E-state index in [-0.39, 0.29) is 11.4 Å². The van der Waals surface area contributed by atoms with Gasteiger partial charge in [0, 0.05) is 17.3 Å². The molecule has 3 aromatic rings. The molecule has 4 heteroatoms. The van der Waals surface area contributed by atoms with E-state index in [1.807, 2.05) is 24.3 Å². The molecule has 0 unspecified atom stereocenters. The number of halogens is 1. The fraction of sp³-hybridized carbons (Fsp3) is 0.0588. The van der Waals surface area contributed by atoms with Crippen LogP contribution in [-0.2, 0) is 0 Å². The number of hydrogen-bond donors (Lipinski definition) is 1. The highest BCUT2D eigenvalue weighted by Gasteiger charge is 2.03. The molecule has 0 atom stereocenters. The van der Waals surface area contributed by atoms with Crippen LogP contribution in [0, 0.1) is 12.7 Å². The molecular formula is C17H13FN2O. The molecule has 0 aliphatic rings. The molecule has 0 fully saturated rings. The van der Waals surface area contributed by atoms with Gasteiger partial charge in [0.15, 0.2) is 0 Å². The molecule has 0 saturated heterocycles. The molecule has 21 heavy (non-hydrogen) atoms. The maximum Gasteiger partial charge on any atom is 0.251 e. The van der Waals surface area contributed by atoms with Crippen molar-refractivity contribution >= 4 is 0 Å². The predicted octanol–water partition coefficient (Wildman–Crippen LogP) is 3.55. The van der Waals surface area contributed by atoms with E-state index in [1.54, 1.807) is 19.1 Å². The predicted molar refractivity (Wildman–Crippen MR) is 80.4 cm³/mol. The van der Waals surface area contributed by atoms with E-state index in [0.29, 0.717) is 11.5 Å². The highest BCUT2D eigenvalue weighted by atomic mass is 19.1. The maximum atomic E-state index is 12.9. The molecule has 1 aromatic heterocycles. The van der Waals surface area contributed by atoms with Crippen molar-refractivity contribution in [2.75, 3.05) is 0 Å². The Morgan fingerprint density at radius 2 is 1.43 bits per heavy atom. The molecule has 1 heterocycles. The van der Waals surface area contributed by atoms with Crippen LogP contribution < -0.4 is 5.56 Å². The summed E-state index contributed by atoms with van der Waals surface area (Å²) in [6, 6.07) is 15.4. The van der Waals surface area contributed by atoms with Crippen molar-refractivity contribution in [1.29, 1.82) is 0 Å². The Bertz CT molecular complexity index is 821. The van der Waals surface area contributed by atoms with Crippen molar-refractivity contribution in [1.82, 2.24) is 9.97 Å². The van der Waals surface area contributed by atoms with E-state index in [4.69, 9.17) is 0 Å². The lowest BCUT2D eigenvalue weighted by atomic mass is 10.0. The molecule has 0 bridgehead atoms. The first-order chi connectivity index (χ1) is 10.1. The summed E-state index contributed by atoms with van der Waals surface area (Å²) < 4.78 is 12.9. The van der Waals surface area contributed by atoms with E-state index in [0.717, 1.165) is 16.7 Å². The molecule has 3 rings (SSSR count). The third kappa shape index (κ3) is 2.89. The fourth-order valence-electron chi connectivity index (χ4n) is 2.18. The molecule has 2 aromatic carbocycles. The van der Waals surface area contributed by atoms with Crippen molar-refractivity contribution < 1.29 is 4.39 Å². The van der Waals surface area contributed by atoms with Crippen LogP contribution in [0.4, 0.5) is 4.39 Å². The second kappa shape index (κ2) is 5.32. The summed E-state index contributed by atoms with van der Waals surface area (Å²) in [4.78, 5) is 18.5. The number of nitrogens with zero attached hydrogens (tertiary/aromatic N) is 1. The van der Waals surface area contributed by atoms with Gasteiger partial charge in [-0.1, -0.05) is 36.4 Å². The van der Waals surface area contributed by atoms with Gasteiger partial charge in [-0.05, 0) is 30.2 Å². The third-order valence-corrected chi connectivity index (χ3v) is 3.21. The number of benzene rings is 2. The van der Waals surface area contributed by atoms with Crippen molar-refractivity contribution in [2.24, 2.45) is 0 Å². The molecular weight excluding hydrogens is 267 g/mol. The number of aryl methyl sites for hydroxylation is 1. The minimum Gasteiger partial charge on any atom is -0.307 e. The third-order valence-electron chi connectivity index (χ3n) is 3.21. The Morgan fingerprint density at radius 1 is 0.905 bits per heavy atom. The monoisotopic (exact) mass is 280 g/mol. The number of nitrogens with one attached hydrogen (secondary N) is 1. The van der Waals surface area contributed by atoms with Crippen molar-refractivity contribution in [2.45, 2.75) is 6.92 Å². The number of H-pyrrole nitrogens is 1. The van der Waals surface area contributed by atoms with E-state index in [2.05, 4.69) is 9.97 Å². The quantitative estimate of drug-likeness (QED) is 0.780. The van der Waals surface area contributed by atoms with E-state index in [9.17, 15) is 9.18 Å². The minimum absolute atomic E-state index is 0.167. The molecule has 0 spiro atoms. The van der Waals surface area contributed by atoms with Gasteiger partial charge in [-0.2, -0.15) is 0 Å². The number of aromatic amines is 1. The molecule has 0 amide bonds. The average Bonchev–Trinajstić information content (AvgIpc) is 2.47. The van der Waals surface area contributed by atoms with Gasteiger partial charge in [-0.15, -0.1) is 0 Å². The minimum atomic E-state index is -0.253. The normalized spacial score (nSPS) is 10.6. The van der Waals surface area contributed by atoms with Crippen molar-refractivity contribution in [3.05, 3.63) is 76.5 Å². The first kappa shape index (κ1) is 13.2. The van der Waals surface area contributed by atoms with Crippen LogP contribution in [0.1, 0.15) is 5.69 Å². The summed E-state index contributed by atoms with van der Waals surface area (Å²) in [6.45, 7) is 1.78. The highest BCUT2D eigenvalue weighted by Crippen LogP contribution is 2.23. The number of hydrogen-bond acceptors (Lipinski definition) is 2. The smallest absolute Gasteiger partial charge is 0.251 e. The maximum absolute atomic E-state index is 12.9. The Hall–Kier alpha value is -2.75. The zero-order valence-electron chi connectivity index (χ0n) is 11.4. The topological polar surface area (TPSA) is 45.8 Å². The van der Waals surface area contributed by atoms with Crippen LogP contribution >= 0.6 is 0 Å². The largest absolute Gasteiger partial charge is 0.307 e. The molecule has 3 nitrogen and oxygen atoms in total. The van der Waals surface area contributed by atoms with Gasteiger partial charge in [0.05, 0.1) is 0 Å². The van der Waals surface area contributed by atoms with Gasteiger partial charge in [0.2, 0.25) is 0 Å². The van der Waals surface area contributed by atoms with Crippen molar-refractivity contribution in [3.8, 4) is 22.5 Å². The van der Waals surface area contributed by atoms with Crippen LogP contribution in [0.25, 0.3) is 22.5 Å². The number of rotatable bonds is 2. The van der Waals surface area contributed by atoms with Crippen LogP contribution in [0.15, 0.2) is 59.4 Å². The first-order valence-electron chi connectivity index (χ1n) is 6.56. The van der Waals surface area contributed by atoms with Crippen LogP contribution in [0.3, 0.4) is 0 Å². The van der Waals surface area contributed by atoms with Gasteiger partial charge in [-0.3, -0.25) is 4.79 Å². The second-order valence-electron chi connectivity index (χ2n) is 4.82. The van der Waals surface area contributed by atoms with Gasteiger partial charge in [-0.25, -0.2) is 9.37 Å². The standard InChI is InChI=1S/C17H13FN2O/c1-11-10-16(21)20-17(19-11)14-4-2-12(3-5-14)13-6-8-15(18)9-7-13/h2-10H,1H3,(H,19,20,21). The molecule has 0 radical (unpaired) electrons.